The Morgan fingerprint density at radius 3 is 2.63 bits per heavy atom. The molecule has 0 saturated carbocycles. The third-order valence-corrected chi connectivity index (χ3v) is 3.43. The number of hydrogen-bond donors (Lipinski definition) is 3. The van der Waals surface area contributed by atoms with Crippen molar-refractivity contribution in [2.75, 3.05) is 6.61 Å². The van der Waals surface area contributed by atoms with Gasteiger partial charge < -0.3 is 15.5 Å². The third kappa shape index (κ3) is 4.29. The molecule has 1 aromatic rings. The Bertz CT molecular complexity index is 450. The lowest BCUT2D eigenvalue weighted by atomic mass is 9.94. The molecule has 4 nitrogen and oxygen atoms in total. The summed E-state index contributed by atoms with van der Waals surface area (Å²) in [6.45, 7) is 4.52. The van der Waals surface area contributed by atoms with Gasteiger partial charge in [-0.3, -0.25) is 0 Å². The molecule has 1 atom stereocenters. The van der Waals surface area contributed by atoms with Gasteiger partial charge >= 0.3 is 5.97 Å². The van der Waals surface area contributed by atoms with Crippen LogP contribution in [-0.2, 0) is 6.54 Å². The molecule has 5 heteroatoms. The smallest absolute Gasteiger partial charge is 0.338 e. The number of aromatic carboxylic acids is 1. The van der Waals surface area contributed by atoms with Gasteiger partial charge in [0.1, 0.15) is 5.82 Å². The van der Waals surface area contributed by atoms with E-state index in [1.807, 2.05) is 13.8 Å². The molecular weight excluding hydrogens is 249 g/mol. The Kier molecular flexibility index (Phi) is 5.44. The molecule has 0 fully saturated rings. The largest absolute Gasteiger partial charge is 0.478 e. The fraction of sp³-hybridized carbons (Fsp3) is 0.500. The maximum atomic E-state index is 13.5. The normalized spacial score (nSPS) is 14.1. The van der Waals surface area contributed by atoms with E-state index in [4.69, 9.17) is 10.2 Å². The first-order valence-electron chi connectivity index (χ1n) is 6.29. The zero-order valence-corrected chi connectivity index (χ0v) is 11.2. The van der Waals surface area contributed by atoms with Gasteiger partial charge in [-0.1, -0.05) is 13.0 Å². The van der Waals surface area contributed by atoms with Gasteiger partial charge in [-0.15, -0.1) is 0 Å². The second-order valence-corrected chi connectivity index (χ2v) is 4.86. The van der Waals surface area contributed by atoms with E-state index in [0.29, 0.717) is 18.5 Å². The van der Waals surface area contributed by atoms with Crippen LogP contribution in [0.15, 0.2) is 18.2 Å². The SMILES string of the molecule is CCC(C)(CCO)NCc1ccc(C(=O)O)c(F)c1. The van der Waals surface area contributed by atoms with E-state index in [0.717, 1.165) is 6.42 Å². The molecule has 106 valence electrons. The van der Waals surface area contributed by atoms with Gasteiger partial charge in [-0.2, -0.15) is 0 Å². The maximum absolute atomic E-state index is 13.5. The molecule has 19 heavy (non-hydrogen) atoms. The molecule has 0 aromatic heterocycles. The summed E-state index contributed by atoms with van der Waals surface area (Å²) in [5.74, 6) is -2.00. The number of carboxylic acids is 1. The van der Waals surface area contributed by atoms with E-state index < -0.39 is 11.8 Å². The van der Waals surface area contributed by atoms with Crippen LogP contribution in [0, 0.1) is 5.82 Å². The number of nitrogens with one attached hydrogen (secondary N) is 1. The first-order chi connectivity index (χ1) is 8.91. The number of hydrogen-bond acceptors (Lipinski definition) is 3. The molecule has 0 bridgehead atoms. The topological polar surface area (TPSA) is 69.6 Å². The Morgan fingerprint density at radius 1 is 1.47 bits per heavy atom. The van der Waals surface area contributed by atoms with Crippen LogP contribution >= 0.6 is 0 Å². The minimum Gasteiger partial charge on any atom is -0.478 e. The maximum Gasteiger partial charge on any atom is 0.338 e. The minimum absolute atomic E-state index is 0.0870. The van der Waals surface area contributed by atoms with Crippen LogP contribution < -0.4 is 5.32 Å². The highest BCUT2D eigenvalue weighted by atomic mass is 19.1. The molecule has 3 N–H and O–H groups in total. The standard InChI is InChI=1S/C14H20FNO3/c1-3-14(2,6-7-17)16-9-10-4-5-11(13(18)19)12(15)8-10/h4-5,8,16-17H,3,6-7,9H2,1-2H3,(H,18,19). The number of carbonyl (C=O) groups is 1. The number of rotatable bonds is 7. The molecule has 0 radical (unpaired) electrons. The second kappa shape index (κ2) is 6.63. The summed E-state index contributed by atoms with van der Waals surface area (Å²) in [4.78, 5) is 10.7. The second-order valence-electron chi connectivity index (χ2n) is 4.86. The molecule has 1 aromatic carbocycles. The molecule has 0 heterocycles. The van der Waals surface area contributed by atoms with Crippen molar-refractivity contribution in [2.24, 2.45) is 0 Å². The van der Waals surface area contributed by atoms with E-state index in [1.165, 1.54) is 12.1 Å². The van der Waals surface area contributed by atoms with Gasteiger partial charge in [0, 0.05) is 18.7 Å². The molecule has 0 aliphatic carbocycles. The lowest BCUT2D eigenvalue weighted by Gasteiger charge is -2.29. The van der Waals surface area contributed by atoms with E-state index >= 15 is 0 Å². The molecule has 1 unspecified atom stereocenters. The highest BCUT2D eigenvalue weighted by Gasteiger charge is 2.20. The number of benzene rings is 1. The molecule has 0 spiro atoms. The van der Waals surface area contributed by atoms with Gasteiger partial charge in [-0.05, 0) is 37.5 Å². The van der Waals surface area contributed by atoms with E-state index in [1.54, 1.807) is 6.07 Å². The highest BCUT2D eigenvalue weighted by molar-refractivity contribution is 5.87. The fourth-order valence-electron chi connectivity index (χ4n) is 1.79. The summed E-state index contributed by atoms with van der Waals surface area (Å²) < 4.78 is 13.5. The summed E-state index contributed by atoms with van der Waals surface area (Å²) >= 11 is 0. The summed E-state index contributed by atoms with van der Waals surface area (Å²) in [6.07, 6.45) is 1.45. The predicted octanol–water partition coefficient (Wildman–Crippen LogP) is 2.16. The van der Waals surface area contributed by atoms with Crippen molar-refractivity contribution in [3.05, 3.63) is 35.1 Å². The molecular formula is C14H20FNO3. The zero-order chi connectivity index (χ0) is 14.5. The summed E-state index contributed by atoms with van der Waals surface area (Å²) in [7, 11) is 0. The van der Waals surface area contributed by atoms with Crippen LogP contribution in [0.3, 0.4) is 0 Å². The molecule has 0 aliphatic heterocycles. The van der Waals surface area contributed by atoms with Gasteiger partial charge in [0.15, 0.2) is 0 Å². The molecule has 0 saturated heterocycles. The van der Waals surface area contributed by atoms with E-state index in [-0.39, 0.29) is 17.7 Å². The van der Waals surface area contributed by atoms with Crippen LogP contribution in [0.1, 0.15) is 42.6 Å². The number of aliphatic hydroxyl groups excluding tert-OH is 1. The molecule has 0 amide bonds. The first kappa shape index (κ1) is 15.6. The summed E-state index contributed by atoms with van der Waals surface area (Å²) in [6, 6.07) is 4.09. The average molecular weight is 269 g/mol. The summed E-state index contributed by atoms with van der Waals surface area (Å²) in [5, 5.41) is 21.0. The molecule has 0 aliphatic rings. The van der Waals surface area contributed by atoms with Gasteiger partial charge in [0.2, 0.25) is 0 Å². The third-order valence-electron chi connectivity index (χ3n) is 3.43. The number of carboxylic acid groups (broad SMARTS) is 1. The van der Waals surface area contributed by atoms with E-state index in [9.17, 15) is 9.18 Å². The lowest BCUT2D eigenvalue weighted by Crippen LogP contribution is -2.42. The van der Waals surface area contributed by atoms with Crippen molar-refractivity contribution in [1.82, 2.24) is 5.32 Å². The van der Waals surface area contributed by atoms with Crippen molar-refractivity contribution < 1.29 is 19.4 Å². The lowest BCUT2D eigenvalue weighted by molar-refractivity contribution is 0.0692. The Morgan fingerprint density at radius 2 is 2.16 bits per heavy atom. The van der Waals surface area contributed by atoms with Gasteiger partial charge in [-0.25, -0.2) is 9.18 Å². The Balaban J connectivity index is 2.73. The van der Waals surface area contributed by atoms with Crippen LogP contribution in [0.5, 0.6) is 0 Å². The predicted molar refractivity (Wildman–Crippen MR) is 70.6 cm³/mol. The van der Waals surface area contributed by atoms with Crippen molar-refractivity contribution in [3.8, 4) is 0 Å². The Labute approximate surface area is 112 Å². The number of aliphatic hydroxyl groups is 1. The monoisotopic (exact) mass is 269 g/mol. The average Bonchev–Trinajstić information content (AvgIpc) is 2.36. The summed E-state index contributed by atoms with van der Waals surface area (Å²) in [5.41, 5.74) is 0.147. The Hall–Kier alpha value is -1.46. The van der Waals surface area contributed by atoms with Gasteiger partial charge in [0.25, 0.3) is 0 Å². The van der Waals surface area contributed by atoms with Crippen LogP contribution in [-0.4, -0.2) is 28.3 Å². The van der Waals surface area contributed by atoms with Crippen molar-refractivity contribution in [2.45, 2.75) is 38.8 Å². The quantitative estimate of drug-likeness (QED) is 0.709. The van der Waals surface area contributed by atoms with Crippen LogP contribution in [0.2, 0.25) is 0 Å². The fourth-order valence-corrected chi connectivity index (χ4v) is 1.79. The molecule has 1 rings (SSSR count). The minimum atomic E-state index is -1.27. The van der Waals surface area contributed by atoms with Crippen molar-refractivity contribution in [1.29, 1.82) is 0 Å². The number of halogens is 1. The van der Waals surface area contributed by atoms with Gasteiger partial charge in [0.05, 0.1) is 5.56 Å². The van der Waals surface area contributed by atoms with Crippen LogP contribution in [0.4, 0.5) is 4.39 Å². The van der Waals surface area contributed by atoms with Crippen LogP contribution in [0.25, 0.3) is 0 Å². The van der Waals surface area contributed by atoms with Crippen molar-refractivity contribution in [3.63, 3.8) is 0 Å². The zero-order valence-electron chi connectivity index (χ0n) is 11.2. The highest BCUT2D eigenvalue weighted by Crippen LogP contribution is 2.16. The van der Waals surface area contributed by atoms with Crippen molar-refractivity contribution >= 4 is 5.97 Å². The van der Waals surface area contributed by atoms with E-state index in [2.05, 4.69) is 5.32 Å². The first-order valence-corrected chi connectivity index (χ1v) is 6.29.